The van der Waals surface area contributed by atoms with Crippen LogP contribution in [0.3, 0.4) is 0 Å². The molecule has 0 radical (unpaired) electrons. The second-order valence-corrected chi connectivity index (χ2v) is 5.39. The fraction of sp³-hybridized carbons (Fsp3) is 0.308. The number of carbonyl (C=O) groups is 1. The van der Waals surface area contributed by atoms with Gasteiger partial charge in [0.15, 0.2) is 0 Å². The highest BCUT2D eigenvalue weighted by Gasteiger charge is 2.14. The Morgan fingerprint density at radius 3 is 2.55 bits per heavy atom. The van der Waals surface area contributed by atoms with Crippen molar-refractivity contribution in [2.24, 2.45) is 0 Å². The monoisotopic (exact) mass is 292 g/mol. The number of amides is 1. The van der Waals surface area contributed by atoms with E-state index in [2.05, 4.69) is 20.8 Å². The van der Waals surface area contributed by atoms with E-state index in [-0.39, 0.29) is 11.9 Å². The zero-order chi connectivity index (χ0) is 14.5. The number of nitrogens with one attached hydrogen (secondary N) is 2. The number of ether oxygens (including phenoxy) is 1. The molecule has 20 heavy (non-hydrogen) atoms. The number of aryl methyl sites for hydroxylation is 1. The van der Waals surface area contributed by atoms with Gasteiger partial charge in [0.05, 0.1) is 7.11 Å². The van der Waals surface area contributed by atoms with Crippen LogP contribution in [0.1, 0.15) is 11.9 Å². The van der Waals surface area contributed by atoms with Gasteiger partial charge in [-0.1, -0.05) is 11.3 Å². The minimum Gasteiger partial charge on any atom is -0.497 e. The Hall–Kier alpha value is -2.15. The summed E-state index contributed by atoms with van der Waals surface area (Å²) in [5.74, 6) is 0.619. The average molecular weight is 292 g/mol. The molecule has 0 aliphatic heterocycles. The Balaban J connectivity index is 1.92. The van der Waals surface area contributed by atoms with Crippen LogP contribution in [0.2, 0.25) is 0 Å². The van der Waals surface area contributed by atoms with Crippen LogP contribution in [0.5, 0.6) is 5.75 Å². The van der Waals surface area contributed by atoms with Crippen LogP contribution in [0.15, 0.2) is 24.3 Å². The van der Waals surface area contributed by atoms with E-state index < -0.39 is 0 Å². The number of rotatable bonds is 5. The predicted molar refractivity (Wildman–Crippen MR) is 79.4 cm³/mol. The Morgan fingerprint density at radius 2 is 2.00 bits per heavy atom. The molecule has 0 bridgehead atoms. The minimum absolute atomic E-state index is 0.156. The van der Waals surface area contributed by atoms with Crippen molar-refractivity contribution >= 4 is 28.1 Å². The van der Waals surface area contributed by atoms with E-state index in [0.29, 0.717) is 5.13 Å². The van der Waals surface area contributed by atoms with Gasteiger partial charge in [-0.15, -0.1) is 10.2 Å². The molecule has 0 saturated carbocycles. The summed E-state index contributed by atoms with van der Waals surface area (Å²) in [5.41, 5.74) is 0.849. The summed E-state index contributed by atoms with van der Waals surface area (Å²) in [6.07, 6.45) is 0. The van der Waals surface area contributed by atoms with Gasteiger partial charge in [-0.3, -0.25) is 10.1 Å². The van der Waals surface area contributed by atoms with Crippen LogP contribution in [0.25, 0.3) is 0 Å². The zero-order valence-electron chi connectivity index (χ0n) is 11.5. The van der Waals surface area contributed by atoms with Crippen LogP contribution in [0.4, 0.5) is 10.8 Å². The minimum atomic E-state index is -0.382. The van der Waals surface area contributed by atoms with Gasteiger partial charge in [-0.25, -0.2) is 0 Å². The number of aromatic nitrogens is 2. The molecule has 1 aromatic heterocycles. The molecule has 2 N–H and O–H groups in total. The topological polar surface area (TPSA) is 76.1 Å². The molecular weight excluding hydrogens is 276 g/mol. The van der Waals surface area contributed by atoms with Gasteiger partial charge in [0.2, 0.25) is 11.0 Å². The van der Waals surface area contributed by atoms with Crippen molar-refractivity contribution in [2.75, 3.05) is 17.7 Å². The molecule has 2 rings (SSSR count). The molecular formula is C13H16N4O2S. The molecule has 7 heteroatoms. The van der Waals surface area contributed by atoms with Gasteiger partial charge in [0.25, 0.3) is 0 Å². The number of hydrogen-bond acceptors (Lipinski definition) is 6. The molecule has 1 heterocycles. The largest absolute Gasteiger partial charge is 0.497 e. The first kappa shape index (κ1) is 14.3. The summed E-state index contributed by atoms with van der Waals surface area (Å²) < 4.78 is 5.08. The number of benzene rings is 1. The summed E-state index contributed by atoms with van der Waals surface area (Å²) in [6.45, 7) is 3.62. The zero-order valence-corrected chi connectivity index (χ0v) is 12.3. The molecule has 0 aliphatic rings. The van der Waals surface area contributed by atoms with Crippen LogP contribution < -0.4 is 15.4 Å². The smallest absolute Gasteiger partial charge is 0.248 e. The van der Waals surface area contributed by atoms with E-state index in [9.17, 15) is 4.79 Å². The Labute approximate surface area is 121 Å². The molecule has 0 unspecified atom stereocenters. The quantitative estimate of drug-likeness (QED) is 0.884. The fourth-order valence-corrected chi connectivity index (χ4v) is 2.16. The number of nitrogens with zero attached hydrogens (tertiary/aromatic N) is 2. The summed E-state index contributed by atoms with van der Waals surface area (Å²) in [4.78, 5) is 12.0. The molecule has 0 fully saturated rings. The highest BCUT2D eigenvalue weighted by molar-refractivity contribution is 7.15. The fourth-order valence-electron chi connectivity index (χ4n) is 1.56. The summed E-state index contributed by atoms with van der Waals surface area (Å²) >= 11 is 1.35. The highest BCUT2D eigenvalue weighted by atomic mass is 32.1. The van der Waals surface area contributed by atoms with Crippen LogP contribution >= 0.6 is 11.3 Å². The van der Waals surface area contributed by atoms with E-state index in [1.807, 2.05) is 31.2 Å². The van der Waals surface area contributed by atoms with Gasteiger partial charge in [-0.05, 0) is 38.1 Å². The molecule has 2 aromatic rings. The summed E-state index contributed by atoms with van der Waals surface area (Å²) in [5, 5.41) is 14.9. The third-order valence-corrected chi connectivity index (χ3v) is 3.38. The second-order valence-electron chi connectivity index (χ2n) is 4.21. The Kier molecular flexibility index (Phi) is 4.52. The van der Waals surface area contributed by atoms with Gasteiger partial charge < -0.3 is 10.1 Å². The van der Waals surface area contributed by atoms with Crippen LogP contribution in [-0.2, 0) is 4.79 Å². The number of carbonyl (C=O) groups excluding carboxylic acids is 1. The van der Waals surface area contributed by atoms with Crippen molar-refractivity contribution in [3.05, 3.63) is 29.3 Å². The number of anilines is 2. The maximum absolute atomic E-state index is 12.0. The molecule has 1 atom stereocenters. The molecule has 0 spiro atoms. The molecule has 1 amide bonds. The lowest BCUT2D eigenvalue weighted by molar-refractivity contribution is -0.116. The third-order valence-electron chi connectivity index (χ3n) is 2.62. The van der Waals surface area contributed by atoms with Crippen molar-refractivity contribution < 1.29 is 9.53 Å². The van der Waals surface area contributed by atoms with E-state index in [4.69, 9.17) is 4.74 Å². The molecule has 1 aromatic carbocycles. The maximum atomic E-state index is 12.0. The van der Waals surface area contributed by atoms with Gasteiger partial charge in [-0.2, -0.15) is 0 Å². The van der Waals surface area contributed by atoms with Crippen molar-refractivity contribution in [1.82, 2.24) is 10.2 Å². The van der Waals surface area contributed by atoms with Crippen molar-refractivity contribution in [1.29, 1.82) is 0 Å². The van der Waals surface area contributed by atoms with Gasteiger partial charge in [0, 0.05) is 5.69 Å². The molecule has 0 saturated heterocycles. The summed E-state index contributed by atoms with van der Waals surface area (Å²) in [7, 11) is 1.61. The van der Waals surface area contributed by atoms with E-state index in [1.54, 1.807) is 14.0 Å². The number of methoxy groups -OCH3 is 1. The van der Waals surface area contributed by atoms with Crippen molar-refractivity contribution in [2.45, 2.75) is 19.9 Å². The lowest BCUT2D eigenvalue weighted by Gasteiger charge is -2.14. The van der Waals surface area contributed by atoms with E-state index in [0.717, 1.165) is 16.4 Å². The molecule has 106 valence electrons. The van der Waals surface area contributed by atoms with Gasteiger partial charge in [0.1, 0.15) is 16.8 Å². The van der Waals surface area contributed by atoms with Gasteiger partial charge >= 0.3 is 0 Å². The number of hydrogen-bond donors (Lipinski definition) is 2. The lowest BCUT2D eigenvalue weighted by Crippen LogP contribution is -2.31. The summed E-state index contributed by atoms with van der Waals surface area (Å²) in [6, 6.07) is 7.00. The molecule has 6 nitrogen and oxygen atoms in total. The van der Waals surface area contributed by atoms with Crippen LogP contribution in [0, 0.1) is 6.92 Å². The van der Waals surface area contributed by atoms with Crippen LogP contribution in [-0.4, -0.2) is 29.3 Å². The predicted octanol–water partition coefficient (Wildman–Crippen LogP) is 2.29. The maximum Gasteiger partial charge on any atom is 0.248 e. The Morgan fingerprint density at radius 1 is 1.30 bits per heavy atom. The van der Waals surface area contributed by atoms with Crippen molar-refractivity contribution in [3.63, 3.8) is 0 Å². The molecule has 0 aliphatic carbocycles. The second kappa shape index (κ2) is 6.33. The van der Waals surface area contributed by atoms with E-state index >= 15 is 0 Å². The SMILES string of the molecule is COc1ccc(N[C@@H](C)C(=O)Nc2nnc(C)s2)cc1. The Bertz CT molecular complexity index is 582. The first-order valence-corrected chi connectivity index (χ1v) is 6.91. The average Bonchev–Trinajstić information content (AvgIpc) is 2.85. The first-order chi connectivity index (χ1) is 9.58. The third kappa shape index (κ3) is 3.67. The highest BCUT2D eigenvalue weighted by Crippen LogP contribution is 2.17. The van der Waals surface area contributed by atoms with E-state index in [1.165, 1.54) is 11.3 Å². The first-order valence-electron chi connectivity index (χ1n) is 6.10. The lowest BCUT2D eigenvalue weighted by atomic mass is 10.2. The standard InChI is InChI=1S/C13H16N4O2S/c1-8(12(18)15-13-17-16-9(2)20-13)14-10-4-6-11(19-3)7-5-10/h4-8,14H,1-3H3,(H,15,17,18)/t8-/m0/s1. The normalized spacial score (nSPS) is 11.8. The van der Waals surface area contributed by atoms with Crippen molar-refractivity contribution in [3.8, 4) is 5.75 Å².